The van der Waals surface area contributed by atoms with Crippen molar-refractivity contribution in [3.05, 3.63) is 71.4 Å². The van der Waals surface area contributed by atoms with Crippen LogP contribution < -0.4 is 0 Å². The van der Waals surface area contributed by atoms with Crippen LogP contribution in [0.25, 0.3) is 22.3 Å². The van der Waals surface area contributed by atoms with Gasteiger partial charge < -0.3 is 4.74 Å². The van der Waals surface area contributed by atoms with Crippen LogP contribution in [0.15, 0.2) is 70.6 Å². The summed E-state index contributed by atoms with van der Waals surface area (Å²) in [7, 11) is 1.70. The second-order valence-corrected chi connectivity index (χ2v) is 7.96. The fourth-order valence-electron chi connectivity index (χ4n) is 3.01. The third-order valence-electron chi connectivity index (χ3n) is 4.40. The first-order valence-electron chi connectivity index (χ1n) is 9.06. The molecule has 0 bridgehead atoms. The van der Waals surface area contributed by atoms with Crippen molar-refractivity contribution in [2.24, 2.45) is 0 Å². The summed E-state index contributed by atoms with van der Waals surface area (Å²) in [6.07, 6.45) is 2.07. The number of hydrogen-bond acceptors (Lipinski definition) is 4. The Morgan fingerprint density at radius 3 is 2.64 bits per heavy atom. The molecule has 0 saturated carbocycles. The Morgan fingerprint density at radius 2 is 1.89 bits per heavy atom. The number of benzene rings is 2. The number of halogens is 1. The van der Waals surface area contributed by atoms with Gasteiger partial charge >= 0.3 is 0 Å². The van der Waals surface area contributed by atoms with E-state index in [-0.39, 0.29) is 0 Å². The van der Waals surface area contributed by atoms with E-state index in [2.05, 4.69) is 31.3 Å². The van der Waals surface area contributed by atoms with Crippen LogP contribution >= 0.6 is 23.4 Å². The number of pyridine rings is 1. The van der Waals surface area contributed by atoms with Gasteiger partial charge in [-0.15, -0.1) is 0 Å². The van der Waals surface area contributed by atoms with Gasteiger partial charge in [0.25, 0.3) is 0 Å². The van der Waals surface area contributed by atoms with Crippen molar-refractivity contribution in [1.29, 1.82) is 0 Å². The molecule has 0 saturated heterocycles. The van der Waals surface area contributed by atoms with Crippen LogP contribution in [0.4, 0.5) is 0 Å². The van der Waals surface area contributed by atoms with Gasteiger partial charge in [0.05, 0.1) is 22.7 Å². The maximum absolute atomic E-state index is 6.01. The molecule has 0 aliphatic heterocycles. The zero-order valence-corrected chi connectivity index (χ0v) is 17.3. The Morgan fingerprint density at radius 1 is 1.07 bits per heavy atom. The number of aromatic nitrogens is 3. The third kappa shape index (κ3) is 4.07. The molecule has 0 atom stereocenters. The molecule has 0 spiro atoms. The molecule has 28 heavy (non-hydrogen) atoms. The standard InChI is InChI=1S/C22H20ClN3OS/c1-3-26-13-21(28-18-8-6-17(23)7-9-18)22(25-26)20-11-5-16-12-15(14-27-2)4-10-19(16)24-20/h4-13H,3,14H2,1-2H3. The molecule has 0 aliphatic carbocycles. The molecular weight excluding hydrogens is 390 g/mol. The van der Waals surface area contributed by atoms with Gasteiger partial charge in [-0.3, -0.25) is 4.68 Å². The average Bonchev–Trinajstić information content (AvgIpc) is 3.12. The van der Waals surface area contributed by atoms with Crippen molar-refractivity contribution < 1.29 is 4.74 Å². The van der Waals surface area contributed by atoms with Crippen LogP contribution in [0.2, 0.25) is 5.02 Å². The van der Waals surface area contributed by atoms with Gasteiger partial charge in [0.1, 0.15) is 5.69 Å². The zero-order valence-electron chi connectivity index (χ0n) is 15.7. The van der Waals surface area contributed by atoms with Gasteiger partial charge in [-0.05, 0) is 55.0 Å². The predicted molar refractivity (Wildman–Crippen MR) is 115 cm³/mol. The normalized spacial score (nSPS) is 11.2. The van der Waals surface area contributed by atoms with E-state index < -0.39 is 0 Å². The summed E-state index contributed by atoms with van der Waals surface area (Å²) in [5.74, 6) is 0. The Kier molecular flexibility index (Phi) is 5.67. The van der Waals surface area contributed by atoms with Crippen molar-refractivity contribution in [3.8, 4) is 11.4 Å². The minimum atomic E-state index is 0.598. The van der Waals surface area contributed by atoms with E-state index >= 15 is 0 Å². The van der Waals surface area contributed by atoms with Crippen molar-refractivity contribution in [3.63, 3.8) is 0 Å². The van der Waals surface area contributed by atoms with E-state index in [0.29, 0.717) is 6.61 Å². The summed E-state index contributed by atoms with van der Waals surface area (Å²) in [6.45, 7) is 3.49. The summed E-state index contributed by atoms with van der Waals surface area (Å²) < 4.78 is 7.17. The number of ether oxygens (including phenoxy) is 1. The molecule has 0 radical (unpaired) electrons. The maximum atomic E-state index is 6.01. The van der Waals surface area contributed by atoms with Gasteiger partial charge in [-0.25, -0.2) is 4.98 Å². The fourth-order valence-corrected chi connectivity index (χ4v) is 4.08. The molecule has 4 nitrogen and oxygen atoms in total. The van der Waals surface area contributed by atoms with Crippen molar-refractivity contribution in [2.75, 3.05) is 7.11 Å². The van der Waals surface area contributed by atoms with E-state index in [4.69, 9.17) is 26.4 Å². The van der Waals surface area contributed by atoms with Gasteiger partial charge in [0.15, 0.2) is 0 Å². The minimum absolute atomic E-state index is 0.598. The quantitative estimate of drug-likeness (QED) is 0.387. The Labute approximate surface area is 173 Å². The maximum Gasteiger partial charge on any atom is 0.125 e. The van der Waals surface area contributed by atoms with Crippen LogP contribution in [0.5, 0.6) is 0 Å². The highest BCUT2D eigenvalue weighted by Crippen LogP contribution is 2.35. The SMILES string of the molecule is CCn1cc(Sc2ccc(Cl)cc2)c(-c2ccc3cc(COC)ccc3n2)n1. The predicted octanol–water partition coefficient (Wildman–Crippen LogP) is 6.07. The summed E-state index contributed by atoms with van der Waals surface area (Å²) in [5, 5.41) is 6.59. The summed E-state index contributed by atoms with van der Waals surface area (Å²) in [6, 6.07) is 18.2. The number of nitrogens with zero attached hydrogens (tertiary/aromatic N) is 3. The lowest BCUT2D eigenvalue weighted by Crippen LogP contribution is -1.95. The summed E-state index contributed by atoms with van der Waals surface area (Å²) >= 11 is 7.68. The Bertz CT molecular complexity index is 1110. The van der Waals surface area contributed by atoms with Crippen molar-refractivity contribution in [1.82, 2.24) is 14.8 Å². The van der Waals surface area contributed by atoms with Crippen LogP contribution in [0, 0.1) is 0 Å². The van der Waals surface area contributed by atoms with E-state index in [9.17, 15) is 0 Å². The van der Waals surface area contributed by atoms with Crippen LogP contribution in [-0.4, -0.2) is 21.9 Å². The zero-order chi connectivity index (χ0) is 19.5. The molecule has 0 fully saturated rings. The highest BCUT2D eigenvalue weighted by Gasteiger charge is 2.14. The van der Waals surface area contributed by atoms with Gasteiger partial charge in [0.2, 0.25) is 0 Å². The average molecular weight is 410 g/mol. The van der Waals surface area contributed by atoms with Gasteiger partial charge in [-0.2, -0.15) is 5.10 Å². The second kappa shape index (κ2) is 8.35. The van der Waals surface area contributed by atoms with Gasteiger partial charge in [-0.1, -0.05) is 35.5 Å². The number of rotatable bonds is 6. The van der Waals surface area contributed by atoms with E-state index in [0.717, 1.165) is 49.2 Å². The molecular formula is C22H20ClN3OS. The number of fused-ring (bicyclic) bond motifs is 1. The summed E-state index contributed by atoms with van der Waals surface area (Å²) in [4.78, 5) is 7.05. The third-order valence-corrected chi connectivity index (χ3v) is 5.68. The molecule has 0 unspecified atom stereocenters. The van der Waals surface area contributed by atoms with E-state index in [1.807, 2.05) is 41.1 Å². The number of aryl methyl sites for hydroxylation is 1. The highest BCUT2D eigenvalue weighted by molar-refractivity contribution is 7.99. The topological polar surface area (TPSA) is 39.9 Å². The molecule has 0 amide bonds. The van der Waals surface area contributed by atoms with E-state index in [1.165, 1.54) is 0 Å². The monoisotopic (exact) mass is 409 g/mol. The molecule has 2 heterocycles. The molecule has 6 heteroatoms. The molecule has 142 valence electrons. The molecule has 2 aromatic heterocycles. The van der Waals surface area contributed by atoms with Gasteiger partial charge in [0, 0.05) is 35.2 Å². The highest BCUT2D eigenvalue weighted by atomic mass is 35.5. The fraction of sp³-hybridized carbons (Fsp3) is 0.182. The Balaban J connectivity index is 1.72. The van der Waals surface area contributed by atoms with Crippen molar-refractivity contribution >= 4 is 34.3 Å². The largest absolute Gasteiger partial charge is 0.380 e. The lowest BCUT2D eigenvalue weighted by Gasteiger charge is -2.06. The van der Waals surface area contributed by atoms with Crippen molar-refractivity contribution in [2.45, 2.75) is 29.9 Å². The lowest BCUT2D eigenvalue weighted by atomic mass is 10.1. The van der Waals surface area contributed by atoms with Crippen LogP contribution in [0.1, 0.15) is 12.5 Å². The molecule has 0 aliphatic rings. The first kappa shape index (κ1) is 19.0. The lowest BCUT2D eigenvalue weighted by molar-refractivity contribution is 0.185. The van der Waals surface area contributed by atoms with E-state index in [1.54, 1.807) is 18.9 Å². The second-order valence-electron chi connectivity index (χ2n) is 6.41. The molecule has 4 rings (SSSR count). The molecule has 4 aromatic rings. The molecule has 2 aromatic carbocycles. The first-order chi connectivity index (χ1) is 13.7. The Hall–Kier alpha value is -2.34. The van der Waals surface area contributed by atoms with Crippen LogP contribution in [-0.2, 0) is 17.9 Å². The summed E-state index contributed by atoms with van der Waals surface area (Å²) in [5.41, 5.74) is 3.85. The number of hydrogen-bond donors (Lipinski definition) is 0. The van der Waals surface area contributed by atoms with Crippen LogP contribution in [0.3, 0.4) is 0 Å². The number of methoxy groups -OCH3 is 1. The smallest absolute Gasteiger partial charge is 0.125 e. The molecule has 0 N–H and O–H groups in total. The first-order valence-corrected chi connectivity index (χ1v) is 10.3. The minimum Gasteiger partial charge on any atom is -0.380 e.